The predicted molar refractivity (Wildman–Crippen MR) is 97.6 cm³/mol. The maximum absolute atomic E-state index is 12.3. The van der Waals surface area contributed by atoms with Crippen molar-refractivity contribution in [3.05, 3.63) is 41.7 Å². The largest absolute Gasteiger partial charge is 0.352 e. The molecule has 1 aliphatic rings. The van der Waals surface area contributed by atoms with E-state index in [0.29, 0.717) is 18.1 Å². The number of carbonyl (C=O) groups excluding carboxylic acids is 2. The van der Waals surface area contributed by atoms with Crippen molar-refractivity contribution in [3.8, 4) is 0 Å². The molecule has 0 bridgehead atoms. The number of hydrogen-bond donors (Lipinski definition) is 2. The Morgan fingerprint density at radius 1 is 1.27 bits per heavy atom. The minimum Gasteiger partial charge on any atom is -0.352 e. The van der Waals surface area contributed by atoms with E-state index in [0.717, 1.165) is 31.6 Å². The average Bonchev–Trinajstić information content (AvgIpc) is 3.24. The van der Waals surface area contributed by atoms with Crippen molar-refractivity contribution in [3.63, 3.8) is 0 Å². The summed E-state index contributed by atoms with van der Waals surface area (Å²) in [5, 5.41) is 9.78. The van der Waals surface area contributed by atoms with E-state index in [9.17, 15) is 9.59 Å². The van der Waals surface area contributed by atoms with Gasteiger partial charge in [-0.05, 0) is 31.0 Å². The molecule has 138 valence electrons. The second-order valence-electron chi connectivity index (χ2n) is 6.47. The molecule has 0 unspecified atom stereocenters. The van der Waals surface area contributed by atoms with E-state index in [1.54, 1.807) is 11.6 Å². The first-order chi connectivity index (χ1) is 12.5. The minimum absolute atomic E-state index is 0.0196. The van der Waals surface area contributed by atoms with Gasteiger partial charge >= 0.3 is 0 Å². The Morgan fingerprint density at radius 2 is 2.04 bits per heavy atom. The van der Waals surface area contributed by atoms with Gasteiger partial charge in [0.05, 0.1) is 0 Å². The number of aromatic nitrogens is 3. The van der Waals surface area contributed by atoms with Crippen molar-refractivity contribution < 1.29 is 9.59 Å². The summed E-state index contributed by atoms with van der Waals surface area (Å²) in [6, 6.07) is 7.79. The molecular formula is C18H24N6O2. The molecule has 8 nitrogen and oxygen atoms in total. The molecular weight excluding hydrogens is 332 g/mol. The van der Waals surface area contributed by atoms with Crippen LogP contribution in [0.4, 0.5) is 5.95 Å². The lowest BCUT2D eigenvalue weighted by atomic mass is 10.1. The summed E-state index contributed by atoms with van der Waals surface area (Å²) >= 11 is 0. The van der Waals surface area contributed by atoms with Crippen molar-refractivity contribution in [2.75, 3.05) is 18.4 Å². The van der Waals surface area contributed by atoms with Crippen LogP contribution in [0.3, 0.4) is 0 Å². The van der Waals surface area contributed by atoms with Gasteiger partial charge in [0, 0.05) is 44.7 Å². The van der Waals surface area contributed by atoms with Crippen LogP contribution in [0.5, 0.6) is 0 Å². The van der Waals surface area contributed by atoms with Gasteiger partial charge in [0.15, 0.2) is 0 Å². The van der Waals surface area contributed by atoms with Gasteiger partial charge < -0.3 is 5.32 Å². The van der Waals surface area contributed by atoms with Crippen LogP contribution in [0, 0.1) is 0 Å². The Bertz CT molecular complexity index is 770. The number of nitrogens with zero attached hydrogens (tertiary/aromatic N) is 4. The molecule has 0 saturated carbocycles. The summed E-state index contributed by atoms with van der Waals surface area (Å²) in [6.45, 7) is 6.75. The predicted octanol–water partition coefficient (Wildman–Crippen LogP) is 1.26. The Morgan fingerprint density at radius 3 is 2.73 bits per heavy atom. The number of amides is 2. The number of rotatable bonds is 6. The third-order valence-electron chi connectivity index (χ3n) is 4.44. The number of aryl methyl sites for hydroxylation is 1. The third-order valence-corrected chi connectivity index (χ3v) is 4.44. The van der Waals surface area contributed by atoms with Crippen molar-refractivity contribution >= 4 is 17.8 Å². The minimum atomic E-state index is -0.203. The van der Waals surface area contributed by atoms with E-state index in [4.69, 9.17) is 0 Å². The van der Waals surface area contributed by atoms with E-state index in [2.05, 4.69) is 25.6 Å². The highest BCUT2D eigenvalue weighted by Gasteiger charge is 2.22. The fourth-order valence-electron chi connectivity index (χ4n) is 3.17. The summed E-state index contributed by atoms with van der Waals surface area (Å²) in [6.07, 6.45) is 2.39. The Hall–Kier alpha value is -2.74. The van der Waals surface area contributed by atoms with Crippen LogP contribution in [-0.2, 0) is 17.9 Å². The number of likely N-dealkylation sites (tertiary alicyclic amines) is 1. The zero-order valence-corrected chi connectivity index (χ0v) is 15.1. The number of anilines is 1. The summed E-state index contributed by atoms with van der Waals surface area (Å²) in [5.41, 5.74) is 1.72. The lowest BCUT2D eigenvalue weighted by Crippen LogP contribution is -2.35. The van der Waals surface area contributed by atoms with Gasteiger partial charge in [0.25, 0.3) is 5.91 Å². The zero-order chi connectivity index (χ0) is 18.5. The normalized spacial score (nSPS) is 17.2. The highest BCUT2D eigenvalue weighted by molar-refractivity contribution is 6.03. The van der Waals surface area contributed by atoms with Crippen LogP contribution < -0.4 is 10.6 Å². The number of benzene rings is 1. The van der Waals surface area contributed by atoms with E-state index in [1.165, 1.54) is 6.33 Å². The lowest BCUT2D eigenvalue weighted by Gasteiger charge is -2.16. The summed E-state index contributed by atoms with van der Waals surface area (Å²) in [5.74, 6) is 0.264. The third kappa shape index (κ3) is 4.45. The van der Waals surface area contributed by atoms with Crippen LogP contribution in [0.15, 0.2) is 30.6 Å². The maximum atomic E-state index is 12.3. The molecule has 1 saturated heterocycles. The van der Waals surface area contributed by atoms with Crippen molar-refractivity contribution in [1.29, 1.82) is 0 Å². The van der Waals surface area contributed by atoms with Crippen LogP contribution >= 0.6 is 0 Å². The molecule has 1 aromatic carbocycles. The van der Waals surface area contributed by atoms with Gasteiger partial charge in [-0.2, -0.15) is 10.1 Å². The zero-order valence-electron chi connectivity index (χ0n) is 15.1. The molecule has 8 heteroatoms. The second-order valence-corrected chi connectivity index (χ2v) is 6.47. The maximum Gasteiger partial charge on any atom is 0.258 e. The standard InChI is InChI=1S/C18H24N6O2/c1-3-24-18(19-12-20-24)22-17(26)15-6-4-14(5-7-15)10-23-9-8-16(11-23)21-13(2)25/h4-7,12,16H,3,8-11H2,1-2H3,(H,21,25)(H,19,20,22,26)/t16-/m1/s1. The monoisotopic (exact) mass is 356 g/mol. The van der Waals surface area contributed by atoms with Gasteiger partial charge in [-0.3, -0.25) is 19.8 Å². The van der Waals surface area contributed by atoms with Gasteiger partial charge in [0.1, 0.15) is 6.33 Å². The average molecular weight is 356 g/mol. The van der Waals surface area contributed by atoms with E-state index in [1.807, 2.05) is 31.2 Å². The van der Waals surface area contributed by atoms with Gasteiger partial charge in [-0.1, -0.05) is 12.1 Å². The van der Waals surface area contributed by atoms with Crippen molar-refractivity contribution in [2.45, 2.75) is 39.4 Å². The van der Waals surface area contributed by atoms with E-state index >= 15 is 0 Å². The Kier molecular flexibility index (Phi) is 5.62. The summed E-state index contributed by atoms with van der Waals surface area (Å²) in [7, 11) is 0. The molecule has 2 amide bonds. The van der Waals surface area contributed by atoms with E-state index < -0.39 is 0 Å². The molecule has 1 fully saturated rings. The topological polar surface area (TPSA) is 92.2 Å². The number of carbonyl (C=O) groups is 2. The first-order valence-electron chi connectivity index (χ1n) is 8.82. The Balaban J connectivity index is 1.55. The highest BCUT2D eigenvalue weighted by Crippen LogP contribution is 2.15. The smallest absolute Gasteiger partial charge is 0.258 e. The fourth-order valence-corrected chi connectivity index (χ4v) is 3.17. The van der Waals surface area contributed by atoms with Gasteiger partial charge in [-0.15, -0.1) is 0 Å². The molecule has 1 aromatic heterocycles. The molecule has 2 aromatic rings. The van der Waals surface area contributed by atoms with Crippen molar-refractivity contribution in [2.24, 2.45) is 0 Å². The molecule has 0 spiro atoms. The second kappa shape index (κ2) is 8.09. The summed E-state index contributed by atoms with van der Waals surface area (Å²) < 4.78 is 1.63. The SMILES string of the molecule is CCn1ncnc1NC(=O)c1ccc(CN2CC[C@@H](NC(C)=O)C2)cc1. The molecule has 2 heterocycles. The molecule has 2 N–H and O–H groups in total. The molecule has 0 aliphatic carbocycles. The van der Waals surface area contributed by atoms with Crippen LogP contribution in [-0.4, -0.2) is 50.6 Å². The quantitative estimate of drug-likeness (QED) is 0.813. The number of hydrogen-bond acceptors (Lipinski definition) is 5. The highest BCUT2D eigenvalue weighted by atomic mass is 16.2. The Labute approximate surface area is 152 Å². The molecule has 3 rings (SSSR count). The summed E-state index contributed by atoms with van der Waals surface area (Å²) in [4.78, 5) is 29.8. The molecule has 0 radical (unpaired) electrons. The van der Waals surface area contributed by atoms with Crippen molar-refractivity contribution in [1.82, 2.24) is 25.0 Å². The van der Waals surface area contributed by atoms with Gasteiger partial charge in [-0.25, -0.2) is 4.68 Å². The van der Waals surface area contributed by atoms with Gasteiger partial charge in [0.2, 0.25) is 11.9 Å². The van der Waals surface area contributed by atoms with Crippen LogP contribution in [0.2, 0.25) is 0 Å². The number of nitrogens with one attached hydrogen (secondary N) is 2. The fraction of sp³-hybridized carbons (Fsp3) is 0.444. The molecule has 1 atom stereocenters. The first kappa shape index (κ1) is 18.1. The van der Waals surface area contributed by atoms with Crippen LogP contribution in [0.25, 0.3) is 0 Å². The van der Waals surface area contributed by atoms with E-state index in [-0.39, 0.29) is 17.9 Å². The van der Waals surface area contributed by atoms with Crippen LogP contribution in [0.1, 0.15) is 36.2 Å². The molecule has 1 aliphatic heterocycles. The molecule has 26 heavy (non-hydrogen) atoms. The lowest BCUT2D eigenvalue weighted by molar-refractivity contribution is -0.119. The first-order valence-corrected chi connectivity index (χ1v) is 8.82.